The van der Waals surface area contributed by atoms with Crippen molar-refractivity contribution in [3.8, 4) is 5.75 Å². The summed E-state index contributed by atoms with van der Waals surface area (Å²) >= 11 is 0. The third kappa shape index (κ3) is 10.5. The molecule has 5 amide bonds. The van der Waals surface area contributed by atoms with E-state index in [1.807, 2.05) is 27.7 Å². The van der Waals surface area contributed by atoms with Crippen LogP contribution in [0.2, 0.25) is 0 Å². The number of hydrogen-bond acceptors (Lipinski definition) is 7. The highest BCUT2D eigenvalue weighted by Crippen LogP contribution is 2.23. The maximum atomic E-state index is 13.8. The van der Waals surface area contributed by atoms with E-state index in [0.717, 1.165) is 12.0 Å². The lowest BCUT2D eigenvalue weighted by atomic mass is 9.92. The summed E-state index contributed by atoms with van der Waals surface area (Å²) in [7, 11) is 0. The van der Waals surface area contributed by atoms with Gasteiger partial charge in [-0.05, 0) is 68.6 Å². The van der Waals surface area contributed by atoms with Crippen LogP contribution in [0.15, 0.2) is 30.5 Å². The molecule has 0 unspecified atom stereocenters. The molecule has 49 heavy (non-hydrogen) atoms. The number of aromatic hydroxyl groups is 1. The largest absolute Gasteiger partial charge is 0.508 e. The van der Waals surface area contributed by atoms with Crippen molar-refractivity contribution >= 4 is 29.5 Å². The topological polar surface area (TPSA) is 175 Å². The minimum atomic E-state index is -0.827. The van der Waals surface area contributed by atoms with Crippen molar-refractivity contribution in [1.82, 2.24) is 35.9 Å². The number of aryl methyl sites for hydroxylation is 2. The first kappa shape index (κ1) is 37.4. The van der Waals surface area contributed by atoms with Crippen LogP contribution in [0.1, 0.15) is 94.3 Å². The second-order valence-corrected chi connectivity index (χ2v) is 14.0. The lowest BCUT2D eigenvalue weighted by Gasteiger charge is -2.29. The molecule has 1 aromatic heterocycles. The molecule has 13 heteroatoms. The predicted molar refractivity (Wildman–Crippen MR) is 184 cm³/mol. The highest BCUT2D eigenvalue weighted by Gasteiger charge is 2.41. The molecule has 2 saturated heterocycles. The first-order chi connectivity index (χ1) is 23.3. The van der Waals surface area contributed by atoms with E-state index in [-0.39, 0.29) is 91.9 Å². The van der Waals surface area contributed by atoms with Gasteiger partial charge in [0.05, 0.1) is 11.3 Å². The Morgan fingerprint density at radius 2 is 1.82 bits per heavy atom. The molecule has 3 heterocycles. The van der Waals surface area contributed by atoms with Crippen molar-refractivity contribution in [2.45, 2.75) is 117 Å². The molecule has 4 rings (SSSR count). The Morgan fingerprint density at radius 3 is 2.51 bits per heavy atom. The summed E-state index contributed by atoms with van der Waals surface area (Å²) in [5.41, 5.74) is 1.87. The predicted octanol–water partition coefficient (Wildman–Crippen LogP) is 2.59. The number of amides is 5. The Balaban J connectivity index is 1.50. The van der Waals surface area contributed by atoms with Gasteiger partial charge in [0.1, 0.15) is 17.8 Å². The number of phenols is 1. The van der Waals surface area contributed by atoms with Crippen molar-refractivity contribution in [3.05, 3.63) is 47.3 Å². The maximum Gasteiger partial charge on any atom is 0.255 e. The number of aromatic nitrogens is 2. The molecule has 0 saturated carbocycles. The molecular weight excluding hydrogens is 626 g/mol. The van der Waals surface area contributed by atoms with Gasteiger partial charge in [-0.25, -0.2) is 0 Å². The van der Waals surface area contributed by atoms with Gasteiger partial charge in [-0.2, -0.15) is 5.10 Å². The first-order valence-electron chi connectivity index (χ1n) is 17.6. The highest BCUT2D eigenvalue weighted by atomic mass is 16.3. The van der Waals surface area contributed by atoms with Crippen LogP contribution >= 0.6 is 0 Å². The lowest BCUT2D eigenvalue weighted by Crippen LogP contribution is -2.50. The van der Waals surface area contributed by atoms with Crippen LogP contribution in [0.5, 0.6) is 5.75 Å². The molecule has 0 radical (unpaired) electrons. The number of rotatable bonds is 7. The minimum absolute atomic E-state index is 0.0105. The molecule has 2 aliphatic heterocycles. The fourth-order valence-corrected chi connectivity index (χ4v) is 6.59. The van der Waals surface area contributed by atoms with E-state index in [0.29, 0.717) is 37.1 Å². The second kappa shape index (κ2) is 17.3. The average Bonchev–Trinajstić information content (AvgIpc) is 3.64. The van der Waals surface area contributed by atoms with E-state index >= 15 is 0 Å². The Labute approximate surface area is 288 Å². The maximum absolute atomic E-state index is 13.8. The molecule has 2 fully saturated rings. The smallest absolute Gasteiger partial charge is 0.255 e. The quantitative estimate of drug-likeness (QED) is 0.299. The zero-order chi connectivity index (χ0) is 35.7. The Hall–Kier alpha value is -4.42. The minimum Gasteiger partial charge on any atom is -0.508 e. The molecule has 1 aromatic carbocycles. The Bertz CT molecular complexity index is 1470. The van der Waals surface area contributed by atoms with Crippen LogP contribution < -0.4 is 21.3 Å². The van der Waals surface area contributed by atoms with Gasteiger partial charge < -0.3 is 31.3 Å². The summed E-state index contributed by atoms with van der Waals surface area (Å²) < 4.78 is 1.75. The summed E-state index contributed by atoms with van der Waals surface area (Å²) in [6.07, 6.45) is 5.08. The zero-order valence-corrected chi connectivity index (χ0v) is 29.5. The van der Waals surface area contributed by atoms with Gasteiger partial charge in [-0.3, -0.25) is 28.7 Å². The molecule has 2 aliphatic rings. The number of nitrogens with one attached hydrogen (secondary N) is 4. The lowest BCUT2D eigenvalue weighted by molar-refractivity contribution is -0.139. The molecule has 0 aliphatic carbocycles. The van der Waals surface area contributed by atoms with Crippen LogP contribution in [0, 0.1) is 18.8 Å². The number of benzene rings is 1. The Morgan fingerprint density at radius 1 is 1.08 bits per heavy atom. The molecule has 5 N–H and O–H groups in total. The zero-order valence-electron chi connectivity index (χ0n) is 29.5. The molecule has 0 bridgehead atoms. The number of nitrogens with zero attached hydrogens (tertiary/aromatic N) is 3. The van der Waals surface area contributed by atoms with Crippen LogP contribution in [0.4, 0.5) is 0 Å². The summed E-state index contributed by atoms with van der Waals surface area (Å²) in [4.78, 5) is 68.6. The van der Waals surface area contributed by atoms with Gasteiger partial charge in [-0.1, -0.05) is 39.8 Å². The first-order valence-corrected chi connectivity index (χ1v) is 17.6. The van der Waals surface area contributed by atoms with Crippen molar-refractivity contribution < 1.29 is 29.1 Å². The van der Waals surface area contributed by atoms with Gasteiger partial charge in [-0.15, -0.1) is 0 Å². The van der Waals surface area contributed by atoms with Crippen LogP contribution in [0.25, 0.3) is 0 Å². The summed E-state index contributed by atoms with van der Waals surface area (Å²) in [5, 5.41) is 26.1. The van der Waals surface area contributed by atoms with Gasteiger partial charge in [0, 0.05) is 57.2 Å². The molecule has 2 aromatic rings. The number of hydrogen-bond donors (Lipinski definition) is 5. The van der Waals surface area contributed by atoms with E-state index in [2.05, 4.69) is 26.4 Å². The van der Waals surface area contributed by atoms with Gasteiger partial charge >= 0.3 is 0 Å². The van der Waals surface area contributed by atoms with E-state index in [9.17, 15) is 29.1 Å². The standard InChI is InChI=1S/C36H53N7O6/c1-6-16-42-21-28(24(5)41-42)34(47)38-26-19-31-36(49)40-29(22(2)3)14-9-23(4)17-32(45)39-30(18-25-10-12-27(44)13-11-25)35(48)37-15-7-8-33(46)43(31)20-26/h10-13,21-23,26,29-31,44H,6-9,14-20H2,1-5H3,(H,37,48)(H,38,47)(H,39,45)(H,40,49)/t23-,26-,29+,30+,31+/m1/s1. The van der Waals surface area contributed by atoms with Crippen molar-refractivity contribution in [2.75, 3.05) is 13.1 Å². The summed E-state index contributed by atoms with van der Waals surface area (Å²) in [6, 6.07) is 4.32. The average molecular weight is 680 g/mol. The molecule has 5 atom stereocenters. The number of phenolic OH excluding ortho intramolecular Hbond substituents is 1. The highest BCUT2D eigenvalue weighted by molar-refractivity contribution is 5.95. The number of fused-ring (bicyclic) bond motifs is 1. The molecular formula is C36H53N7O6. The van der Waals surface area contributed by atoms with E-state index < -0.39 is 18.1 Å². The fraction of sp³-hybridized carbons (Fsp3) is 0.611. The van der Waals surface area contributed by atoms with Crippen LogP contribution in [-0.2, 0) is 32.1 Å². The van der Waals surface area contributed by atoms with Gasteiger partial charge in [0.2, 0.25) is 23.6 Å². The van der Waals surface area contributed by atoms with Crippen LogP contribution in [-0.4, -0.2) is 86.6 Å². The molecule has 0 spiro atoms. The number of carbonyl (C=O) groups is 5. The van der Waals surface area contributed by atoms with E-state index in [1.54, 1.807) is 34.8 Å². The second-order valence-electron chi connectivity index (χ2n) is 14.0. The summed E-state index contributed by atoms with van der Waals surface area (Å²) in [5.74, 6) is -1.17. The van der Waals surface area contributed by atoms with Crippen LogP contribution in [0.3, 0.4) is 0 Å². The van der Waals surface area contributed by atoms with Crippen molar-refractivity contribution in [1.29, 1.82) is 0 Å². The normalized spacial score (nSPS) is 24.8. The third-order valence-corrected chi connectivity index (χ3v) is 9.43. The van der Waals surface area contributed by atoms with Crippen molar-refractivity contribution in [3.63, 3.8) is 0 Å². The van der Waals surface area contributed by atoms with E-state index in [4.69, 9.17) is 0 Å². The molecule has 268 valence electrons. The SMILES string of the molecule is CCCn1cc(C(=O)N[C@@H]2C[C@H]3C(=O)N[C@H](C(C)C)CC[C@@H](C)CC(=O)N[C@@H](Cc4ccc(O)cc4)C(=O)NCCCC(=O)N3C2)c(C)n1. The number of carbonyl (C=O) groups excluding carboxylic acids is 5. The fourth-order valence-electron chi connectivity index (χ4n) is 6.59. The van der Waals surface area contributed by atoms with Gasteiger partial charge in [0.25, 0.3) is 5.91 Å². The van der Waals surface area contributed by atoms with E-state index in [1.165, 1.54) is 12.1 Å². The molecule has 13 nitrogen and oxygen atoms in total. The third-order valence-electron chi connectivity index (χ3n) is 9.43. The van der Waals surface area contributed by atoms with Crippen molar-refractivity contribution in [2.24, 2.45) is 11.8 Å². The Kier molecular flexibility index (Phi) is 13.2. The van der Waals surface area contributed by atoms with Gasteiger partial charge in [0.15, 0.2) is 0 Å². The summed E-state index contributed by atoms with van der Waals surface area (Å²) in [6.45, 7) is 11.0. The monoisotopic (exact) mass is 679 g/mol.